The zero-order chi connectivity index (χ0) is 14.1. The number of hydrogen-bond donors (Lipinski definition) is 1. The highest BCUT2D eigenvalue weighted by Crippen LogP contribution is 2.31. The summed E-state index contributed by atoms with van der Waals surface area (Å²) >= 11 is 0. The number of rotatable bonds is 2. The Morgan fingerprint density at radius 1 is 1.30 bits per heavy atom. The average Bonchev–Trinajstić information content (AvgIpc) is 3.07. The summed E-state index contributed by atoms with van der Waals surface area (Å²) < 4.78 is 1.85. The summed E-state index contributed by atoms with van der Waals surface area (Å²) in [5.74, 6) is 0.912. The standard InChI is InChI=1S/C15H24N4O/c1-18-10-12(9-17-18)11-5-7-19(8-6-11)15(20)13-3-2-4-14(13)16/h9-11,13-14H,2-8,16H2,1H3/t13-,14-/m1/s1. The van der Waals surface area contributed by atoms with Crippen LogP contribution in [0.2, 0.25) is 0 Å². The van der Waals surface area contributed by atoms with Gasteiger partial charge in [-0.2, -0.15) is 5.10 Å². The summed E-state index contributed by atoms with van der Waals surface area (Å²) in [6.45, 7) is 1.73. The number of likely N-dealkylation sites (tertiary alicyclic amines) is 1. The Labute approximate surface area is 120 Å². The van der Waals surface area contributed by atoms with Crippen molar-refractivity contribution in [3.63, 3.8) is 0 Å². The fourth-order valence-electron chi connectivity index (χ4n) is 3.61. The highest BCUT2D eigenvalue weighted by atomic mass is 16.2. The number of amides is 1. The van der Waals surface area contributed by atoms with Crippen molar-refractivity contribution in [2.24, 2.45) is 18.7 Å². The third kappa shape index (κ3) is 2.59. The Balaban J connectivity index is 1.57. The molecule has 2 atom stereocenters. The molecule has 0 aromatic carbocycles. The van der Waals surface area contributed by atoms with E-state index in [-0.39, 0.29) is 12.0 Å². The van der Waals surface area contributed by atoms with Crippen LogP contribution in [0, 0.1) is 5.92 Å². The fourth-order valence-corrected chi connectivity index (χ4v) is 3.61. The van der Waals surface area contributed by atoms with Crippen LogP contribution in [0.15, 0.2) is 12.4 Å². The first-order chi connectivity index (χ1) is 9.65. The highest BCUT2D eigenvalue weighted by molar-refractivity contribution is 5.80. The second kappa shape index (κ2) is 5.56. The molecule has 2 N–H and O–H groups in total. The molecule has 1 aromatic rings. The molecule has 0 spiro atoms. The second-order valence-electron chi connectivity index (χ2n) is 6.25. The molecule has 110 valence electrons. The van der Waals surface area contributed by atoms with Gasteiger partial charge in [0.2, 0.25) is 5.91 Å². The number of hydrogen-bond acceptors (Lipinski definition) is 3. The van der Waals surface area contributed by atoms with E-state index in [4.69, 9.17) is 5.73 Å². The molecule has 0 radical (unpaired) electrons. The Morgan fingerprint density at radius 3 is 2.60 bits per heavy atom. The lowest BCUT2D eigenvalue weighted by molar-refractivity contribution is -0.136. The first kappa shape index (κ1) is 13.6. The minimum atomic E-state index is 0.0740. The van der Waals surface area contributed by atoms with E-state index in [0.29, 0.717) is 11.8 Å². The second-order valence-corrected chi connectivity index (χ2v) is 6.25. The van der Waals surface area contributed by atoms with Gasteiger partial charge in [-0.3, -0.25) is 9.48 Å². The molecule has 1 aliphatic carbocycles. The van der Waals surface area contributed by atoms with E-state index in [1.807, 2.05) is 22.8 Å². The van der Waals surface area contributed by atoms with Gasteiger partial charge in [0.25, 0.3) is 0 Å². The topological polar surface area (TPSA) is 64.2 Å². The Hall–Kier alpha value is -1.36. The van der Waals surface area contributed by atoms with E-state index in [1.165, 1.54) is 5.56 Å². The van der Waals surface area contributed by atoms with E-state index >= 15 is 0 Å². The summed E-state index contributed by atoms with van der Waals surface area (Å²) in [5.41, 5.74) is 7.35. The van der Waals surface area contributed by atoms with Crippen LogP contribution in [0.4, 0.5) is 0 Å². The van der Waals surface area contributed by atoms with Crippen molar-refractivity contribution in [3.8, 4) is 0 Å². The van der Waals surface area contributed by atoms with Crippen LogP contribution in [-0.4, -0.2) is 39.7 Å². The molecule has 1 saturated heterocycles. The maximum absolute atomic E-state index is 12.5. The van der Waals surface area contributed by atoms with E-state index < -0.39 is 0 Å². The van der Waals surface area contributed by atoms with E-state index in [9.17, 15) is 4.79 Å². The molecule has 1 aromatic heterocycles. The van der Waals surface area contributed by atoms with Crippen LogP contribution in [0.5, 0.6) is 0 Å². The lowest BCUT2D eigenvalue weighted by Crippen LogP contribution is -2.45. The highest BCUT2D eigenvalue weighted by Gasteiger charge is 2.34. The molecule has 2 aliphatic rings. The van der Waals surface area contributed by atoms with Gasteiger partial charge < -0.3 is 10.6 Å². The molecule has 2 fully saturated rings. The van der Waals surface area contributed by atoms with Gasteiger partial charge in [0.1, 0.15) is 0 Å². The molecule has 5 nitrogen and oxygen atoms in total. The molecule has 1 aliphatic heterocycles. The molecule has 3 rings (SSSR count). The van der Waals surface area contributed by atoms with Crippen LogP contribution >= 0.6 is 0 Å². The van der Waals surface area contributed by atoms with Crippen molar-refractivity contribution >= 4 is 5.91 Å². The van der Waals surface area contributed by atoms with Crippen molar-refractivity contribution < 1.29 is 4.79 Å². The van der Waals surface area contributed by atoms with Gasteiger partial charge in [-0.25, -0.2) is 0 Å². The average molecular weight is 276 g/mol. The number of nitrogens with zero attached hydrogens (tertiary/aromatic N) is 3. The van der Waals surface area contributed by atoms with Crippen molar-refractivity contribution in [1.29, 1.82) is 0 Å². The van der Waals surface area contributed by atoms with Gasteiger partial charge >= 0.3 is 0 Å². The molecule has 0 bridgehead atoms. The predicted molar refractivity (Wildman–Crippen MR) is 77.1 cm³/mol. The van der Waals surface area contributed by atoms with Gasteiger partial charge in [0.05, 0.1) is 12.1 Å². The molecular weight excluding hydrogens is 252 g/mol. The Morgan fingerprint density at radius 2 is 2.05 bits per heavy atom. The Kier molecular flexibility index (Phi) is 3.78. The molecule has 1 saturated carbocycles. The summed E-state index contributed by atoms with van der Waals surface area (Å²) in [6.07, 6.45) is 9.21. The van der Waals surface area contributed by atoms with Gasteiger partial charge in [0.15, 0.2) is 0 Å². The van der Waals surface area contributed by atoms with Crippen LogP contribution < -0.4 is 5.73 Å². The fraction of sp³-hybridized carbons (Fsp3) is 0.733. The maximum atomic E-state index is 12.5. The number of piperidine rings is 1. The smallest absolute Gasteiger partial charge is 0.227 e. The van der Waals surface area contributed by atoms with Crippen molar-refractivity contribution in [3.05, 3.63) is 18.0 Å². The Bertz CT molecular complexity index is 476. The van der Waals surface area contributed by atoms with Crippen LogP contribution in [0.1, 0.15) is 43.6 Å². The summed E-state index contributed by atoms with van der Waals surface area (Å²) in [4.78, 5) is 14.5. The number of carbonyl (C=O) groups excluding carboxylic acids is 1. The number of carbonyl (C=O) groups is 1. The maximum Gasteiger partial charge on any atom is 0.227 e. The zero-order valence-electron chi connectivity index (χ0n) is 12.2. The largest absolute Gasteiger partial charge is 0.342 e. The molecule has 5 heteroatoms. The summed E-state index contributed by atoms with van der Waals surface area (Å²) in [7, 11) is 1.95. The minimum absolute atomic E-state index is 0.0740. The first-order valence-electron chi connectivity index (χ1n) is 7.68. The molecule has 0 unspecified atom stereocenters. The van der Waals surface area contributed by atoms with Gasteiger partial charge in [-0.05, 0) is 37.2 Å². The number of nitrogens with two attached hydrogens (primary N) is 1. The monoisotopic (exact) mass is 276 g/mol. The van der Waals surface area contributed by atoms with Crippen molar-refractivity contribution in [1.82, 2.24) is 14.7 Å². The third-order valence-electron chi connectivity index (χ3n) is 4.89. The lowest BCUT2D eigenvalue weighted by atomic mass is 9.90. The van der Waals surface area contributed by atoms with Crippen molar-refractivity contribution in [2.45, 2.75) is 44.1 Å². The lowest BCUT2D eigenvalue weighted by Gasteiger charge is -2.34. The minimum Gasteiger partial charge on any atom is -0.342 e. The predicted octanol–water partition coefficient (Wildman–Crippen LogP) is 1.25. The van der Waals surface area contributed by atoms with Crippen LogP contribution in [0.3, 0.4) is 0 Å². The van der Waals surface area contributed by atoms with Crippen LogP contribution in [0.25, 0.3) is 0 Å². The molecular formula is C15H24N4O. The van der Waals surface area contributed by atoms with Crippen molar-refractivity contribution in [2.75, 3.05) is 13.1 Å². The SMILES string of the molecule is Cn1cc(C2CCN(C(=O)[C@@H]3CCC[C@H]3N)CC2)cn1. The normalized spacial score (nSPS) is 28.0. The van der Waals surface area contributed by atoms with E-state index in [0.717, 1.165) is 45.2 Å². The molecule has 1 amide bonds. The van der Waals surface area contributed by atoms with Crippen LogP contribution in [-0.2, 0) is 11.8 Å². The number of aromatic nitrogens is 2. The van der Waals surface area contributed by atoms with Gasteiger partial charge in [-0.15, -0.1) is 0 Å². The van der Waals surface area contributed by atoms with Gasteiger partial charge in [0, 0.05) is 32.4 Å². The number of aryl methyl sites for hydroxylation is 1. The molecule has 2 heterocycles. The zero-order valence-corrected chi connectivity index (χ0v) is 12.2. The third-order valence-corrected chi connectivity index (χ3v) is 4.89. The van der Waals surface area contributed by atoms with Gasteiger partial charge in [-0.1, -0.05) is 6.42 Å². The quantitative estimate of drug-likeness (QED) is 0.884. The van der Waals surface area contributed by atoms with E-state index in [2.05, 4.69) is 11.3 Å². The van der Waals surface area contributed by atoms with E-state index in [1.54, 1.807) is 0 Å². The first-order valence-corrected chi connectivity index (χ1v) is 7.68. The summed E-state index contributed by atoms with van der Waals surface area (Å²) in [5, 5.41) is 4.24. The molecule has 20 heavy (non-hydrogen) atoms. The summed E-state index contributed by atoms with van der Waals surface area (Å²) in [6, 6.07) is 0.0820.